The van der Waals surface area contributed by atoms with E-state index in [9.17, 15) is 4.79 Å². The number of hydrogen-bond donors (Lipinski definition) is 0. The van der Waals surface area contributed by atoms with Gasteiger partial charge in [0.1, 0.15) is 0 Å². The van der Waals surface area contributed by atoms with E-state index in [0.717, 1.165) is 20.3 Å². The highest BCUT2D eigenvalue weighted by Crippen LogP contribution is 2.24. The Morgan fingerprint density at radius 1 is 1.22 bits per heavy atom. The number of hydrogen-bond acceptors (Lipinski definition) is 2. The molecule has 18 heavy (non-hydrogen) atoms. The number of rotatable bonds is 3. The van der Waals surface area contributed by atoms with Crippen molar-refractivity contribution in [3.8, 4) is 0 Å². The monoisotopic (exact) mass is 351 g/mol. The molecule has 0 aliphatic heterocycles. The summed E-state index contributed by atoms with van der Waals surface area (Å²) in [5.41, 5.74) is 2.95. The first kappa shape index (κ1) is 13.2. The van der Waals surface area contributed by atoms with Crippen molar-refractivity contribution in [1.82, 2.24) is 4.98 Å². The smallest absolute Gasteiger partial charge is 0.171 e. The van der Waals surface area contributed by atoms with Gasteiger partial charge in [-0.2, -0.15) is 0 Å². The second-order valence-corrected chi connectivity index (χ2v) is 5.38. The fourth-order valence-corrected chi connectivity index (χ4v) is 2.50. The van der Waals surface area contributed by atoms with Gasteiger partial charge in [0.05, 0.1) is 0 Å². The van der Waals surface area contributed by atoms with E-state index >= 15 is 0 Å². The number of nitrogens with zero attached hydrogens (tertiary/aromatic N) is 1. The van der Waals surface area contributed by atoms with Crippen LogP contribution in [-0.4, -0.2) is 10.8 Å². The maximum absolute atomic E-state index is 12.5. The highest BCUT2D eigenvalue weighted by molar-refractivity contribution is 14.1. The zero-order valence-corrected chi connectivity index (χ0v) is 12.5. The van der Waals surface area contributed by atoms with E-state index in [0.29, 0.717) is 0 Å². The molecule has 1 atom stereocenters. The minimum atomic E-state index is -0.136. The predicted molar refractivity (Wildman–Crippen MR) is 80.9 cm³/mol. The molecular weight excluding hydrogens is 337 g/mol. The van der Waals surface area contributed by atoms with Crippen molar-refractivity contribution in [3.63, 3.8) is 0 Å². The van der Waals surface area contributed by atoms with Gasteiger partial charge in [-0.15, -0.1) is 0 Å². The summed E-state index contributed by atoms with van der Waals surface area (Å²) in [6, 6.07) is 9.64. The summed E-state index contributed by atoms with van der Waals surface area (Å²) >= 11 is 2.24. The number of pyridine rings is 1. The Labute approximate surface area is 121 Å². The number of aromatic nitrogens is 1. The Morgan fingerprint density at radius 3 is 2.56 bits per heavy atom. The molecule has 92 valence electrons. The molecule has 0 aliphatic rings. The molecule has 0 amide bonds. The van der Waals surface area contributed by atoms with Crippen molar-refractivity contribution in [1.29, 1.82) is 0 Å². The number of ketones is 1. The molecule has 0 bridgehead atoms. The van der Waals surface area contributed by atoms with Gasteiger partial charge in [0.15, 0.2) is 5.78 Å². The summed E-state index contributed by atoms with van der Waals surface area (Å²) in [7, 11) is 0. The average Bonchev–Trinajstić information content (AvgIpc) is 2.41. The van der Waals surface area contributed by atoms with Gasteiger partial charge in [0.2, 0.25) is 0 Å². The molecule has 0 spiro atoms. The summed E-state index contributed by atoms with van der Waals surface area (Å²) in [5, 5.41) is 0. The Hall–Kier alpha value is -1.23. The zero-order valence-electron chi connectivity index (χ0n) is 10.4. The van der Waals surface area contributed by atoms with E-state index in [-0.39, 0.29) is 11.7 Å². The summed E-state index contributed by atoms with van der Waals surface area (Å²) in [4.78, 5) is 16.5. The molecule has 1 aromatic heterocycles. The molecule has 0 N–H and O–H groups in total. The number of benzene rings is 1. The van der Waals surface area contributed by atoms with Crippen LogP contribution in [0, 0.1) is 10.5 Å². The van der Waals surface area contributed by atoms with Crippen LogP contribution in [0.25, 0.3) is 0 Å². The van der Waals surface area contributed by atoms with E-state index < -0.39 is 0 Å². The number of carbonyl (C=O) groups is 1. The lowest BCUT2D eigenvalue weighted by atomic mass is 9.92. The van der Waals surface area contributed by atoms with Gasteiger partial charge in [0.25, 0.3) is 0 Å². The van der Waals surface area contributed by atoms with Gasteiger partial charge < -0.3 is 0 Å². The fraction of sp³-hybridized carbons (Fsp3) is 0.200. The second kappa shape index (κ2) is 5.61. The summed E-state index contributed by atoms with van der Waals surface area (Å²) < 4.78 is 1.04. The molecular formula is C15H14INO. The Kier molecular flexibility index (Phi) is 4.11. The normalized spacial score (nSPS) is 12.2. The van der Waals surface area contributed by atoms with Gasteiger partial charge in [-0.1, -0.05) is 25.1 Å². The number of halogens is 1. The first-order valence-electron chi connectivity index (χ1n) is 5.80. The summed E-state index contributed by atoms with van der Waals surface area (Å²) in [6.45, 7) is 3.96. The molecule has 1 unspecified atom stereocenters. The number of aryl methyl sites for hydroxylation is 1. The van der Waals surface area contributed by atoms with E-state index in [1.807, 2.05) is 44.2 Å². The van der Waals surface area contributed by atoms with Gasteiger partial charge in [-0.3, -0.25) is 9.78 Å². The fourth-order valence-electron chi connectivity index (χ4n) is 1.87. The molecule has 2 nitrogen and oxygen atoms in total. The molecule has 0 saturated heterocycles. The Balaban J connectivity index is 2.35. The lowest BCUT2D eigenvalue weighted by molar-refractivity contribution is 0.0965. The van der Waals surface area contributed by atoms with Crippen LogP contribution in [0.3, 0.4) is 0 Å². The van der Waals surface area contributed by atoms with Gasteiger partial charge >= 0.3 is 0 Å². The molecule has 1 heterocycles. The minimum absolute atomic E-state index is 0.136. The van der Waals surface area contributed by atoms with Crippen LogP contribution in [0.5, 0.6) is 0 Å². The summed E-state index contributed by atoms with van der Waals surface area (Å²) in [5.74, 6) is 0.0256. The van der Waals surface area contributed by atoms with Crippen molar-refractivity contribution >= 4 is 28.4 Å². The van der Waals surface area contributed by atoms with E-state index in [1.54, 1.807) is 12.4 Å². The second-order valence-electron chi connectivity index (χ2n) is 4.30. The quantitative estimate of drug-likeness (QED) is 0.619. The first-order chi connectivity index (χ1) is 8.61. The molecule has 0 fully saturated rings. The molecule has 3 heteroatoms. The third-order valence-corrected chi connectivity index (χ3v) is 4.49. The molecule has 0 aliphatic carbocycles. The van der Waals surface area contributed by atoms with Crippen molar-refractivity contribution in [2.45, 2.75) is 19.8 Å². The number of Topliss-reactive ketones (excluding diaryl/α,β-unsaturated/α-hetero) is 1. The van der Waals surface area contributed by atoms with Crippen molar-refractivity contribution in [3.05, 3.63) is 63.0 Å². The minimum Gasteiger partial charge on any atom is -0.293 e. The van der Waals surface area contributed by atoms with Gasteiger partial charge in [-0.25, -0.2) is 0 Å². The van der Waals surface area contributed by atoms with Crippen LogP contribution in [-0.2, 0) is 0 Å². The predicted octanol–water partition coefficient (Wildman–Crippen LogP) is 3.98. The highest BCUT2D eigenvalue weighted by atomic mass is 127. The van der Waals surface area contributed by atoms with E-state index in [2.05, 4.69) is 27.6 Å². The zero-order chi connectivity index (χ0) is 13.1. The van der Waals surface area contributed by atoms with Crippen molar-refractivity contribution in [2.75, 3.05) is 0 Å². The molecule has 0 saturated carbocycles. The average molecular weight is 351 g/mol. The highest BCUT2D eigenvalue weighted by Gasteiger charge is 2.19. The molecule has 1 aromatic carbocycles. The maximum Gasteiger partial charge on any atom is 0.171 e. The standard InChI is InChI=1S/C15H14INO/c1-10-4-3-5-13(14(10)16)15(18)11(2)12-6-8-17-9-7-12/h3-9,11H,1-2H3. The maximum atomic E-state index is 12.5. The van der Waals surface area contributed by atoms with Crippen LogP contribution in [0.15, 0.2) is 42.7 Å². The SMILES string of the molecule is Cc1cccc(C(=O)C(C)c2ccncc2)c1I. The van der Waals surface area contributed by atoms with E-state index in [1.165, 1.54) is 0 Å². The van der Waals surface area contributed by atoms with Crippen molar-refractivity contribution < 1.29 is 4.79 Å². The van der Waals surface area contributed by atoms with Crippen LogP contribution < -0.4 is 0 Å². The molecule has 2 rings (SSSR count). The summed E-state index contributed by atoms with van der Waals surface area (Å²) in [6.07, 6.45) is 3.45. The van der Waals surface area contributed by atoms with Crippen LogP contribution >= 0.6 is 22.6 Å². The van der Waals surface area contributed by atoms with Gasteiger partial charge in [-0.05, 0) is 52.8 Å². The third kappa shape index (κ3) is 2.61. The van der Waals surface area contributed by atoms with Crippen LogP contribution in [0.4, 0.5) is 0 Å². The largest absolute Gasteiger partial charge is 0.293 e. The van der Waals surface area contributed by atoms with Gasteiger partial charge in [0, 0.05) is 27.4 Å². The van der Waals surface area contributed by atoms with Crippen molar-refractivity contribution in [2.24, 2.45) is 0 Å². The topological polar surface area (TPSA) is 30.0 Å². The Bertz CT molecular complexity index is 566. The number of carbonyl (C=O) groups excluding carboxylic acids is 1. The van der Waals surface area contributed by atoms with Crippen LogP contribution in [0.2, 0.25) is 0 Å². The lowest BCUT2D eigenvalue weighted by Gasteiger charge is -2.12. The molecule has 0 radical (unpaired) electrons. The third-order valence-electron chi connectivity index (χ3n) is 3.06. The molecule has 2 aromatic rings. The van der Waals surface area contributed by atoms with Crippen LogP contribution in [0.1, 0.15) is 34.3 Å². The van der Waals surface area contributed by atoms with E-state index in [4.69, 9.17) is 0 Å². The Morgan fingerprint density at radius 2 is 1.89 bits per heavy atom. The first-order valence-corrected chi connectivity index (χ1v) is 6.88. The lowest BCUT2D eigenvalue weighted by Crippen LogP contribution is -2.11.